The van der Waals surface area contributed by atoms with E-state index in [0.717, 1.165) is 0 Å². The number of hydrogen-bond donors (Lipinski definition) is 0. The molecule has 2 bridgehead atoms. The van der Waals surface area contributed by atoms with Gasteiger partial charge in [0.15, 0.2) is 0 Å². The van der Waals surface area contributed by atoms with Gasteiger partial charge in [-0.25, -0.2) is 0 Å². The van der Waals surface area contributed by atoms with Crippen molar-refractivity contribution in [3.8, 4) is 0 Å². The fraction of sp³-hybridized carbons (Fsp3) is 0. The lowest BCUT2D eigenvalue weighted by molar-refractivity contribution is 1.77. The Morgan fingerprint density at radius 2 is 0.885 bits per heavy atom. The second-order valence-corrected chi connectivity index (χ2v) is 81.2. The van der Waals surface area contributed by atoms with Gasteiger partial charge in [0.05, 0.1) is 0 Å². The van der Waals surface area contributed by atoms with Crippen molar-refractivity contribution in [2.24, 2.45) is 0 Å². The molecule has 4 fully saturated rings. The average molecular weight is 456 g/mol. The zero-order chi connectivity index (χ0) is 16.9. The minimum Gasteiger partial charge on any atom is -0.0695 e. The first-order valence-electron chi connectivity index (χ1n) is 9.23. The molecule has 0 nitrogen and oxygen atoms in total. The van der Waals surface area contributed by atoms with Crippen LogP contribution in [0.2, 0.25) is 0 Å². The molecule has 8 heteroatoms. The highest BCUT2D eigenvalue weighted by Gasteiger charge is 3.00. The van der Waals surface area contributed by atoms with Gasteiger partial charge in [-0.3, -0.25) is 0 Å². The Morgan fingerprint density at radius 1 is 0.462 bits per heavy atom. The summed E-state index contributed by atoms with van der Waals surface area (Å²) in [6.45, 7) is -0.678. The van der Waals surface area contributed by atoms with Gasteiger partial charge in [-0.15, -0.1) is 0 Å². The van der Waals surface area contributed by atoms with Crippen LogP contribution in [0, 0.1) is 0 Å². The van der Waals surface area contributed by atoms with E-state index >= 15 is 0 Å². The number of benzene rings is 3. The van der Waals surface area contributed by atoms with E-state index in [9.17, 15) is 0 Å². The van der Waals surface area contributed by atoms with E-state index in [0.29, 0.717) is 7.35 Å². The van der Waals surface area contributed by atoms with Crippen LogP contribution in [0.3, 0.4) is 0 Å². The van der Waals surface area contributed by atoms with E-state index in [1.807, 2.05) is 15.6 Å². The van der Waals surface area contributed by atoms with Crippen LogP contribution in [0.5, 0.6) is 0 Å². The normalized spacial score (nSPS) is 23.5. The van der Waals surface area contributed by atoms with Crippen LogP contribution in [-0.4, -0.2) is 58.2 Å². The van der Waals surface area contributed by atoms with Crippen molar-refractivity contribution >= 4 is 73.7 Å². The molecule has 4 saturated heterocycles. The third-order valence-corrected chi connectivity index (χ3v) is 197. The monoisotopic (exact) mass is 455 g/mol. The van der Waals surface area contributed by atoms with Crippen molar-refractivity contribution in [3.05, 3.63) is 91.0 Å². The van der Waals surface area contributed by atoms with Crippen LogP contribution in [-0.2, 0) is 0 Å². The Labute approximate surface area is 164 Å². The van der Waals surface area contributed by atoms with E-state index in [4.69, 9.17) is 0 Å². The maximum Gasteiger partial charge on any atom is 0.0438 e. The molecule has 5 heterocycles. The molecule has 119 valence electrons. The zero-order valence-corrected chi connectivity index (χ0v) is 22.2. The van der Waals surface area contributed by atoms with E-state index in [-0.39, 0.29) is 44.2 Å². The van der Waals surface area contributed by atoms with E-state index in [1.54, 1.807) is 0 Å². The number of hydrogen-bond acceptors (Lipinski definition) is 0. The van der Waals surface area contributed by atoms with E-state index < -0.39 is 6.63 Å². The summed E-state index contributed by atoms with van der Waals surface area (Å²) < 4.78 is 0. The Hall–Kier alpha value is -0.605. The lowest BCUT2D eigenvalue weighted by Crippen LogP contribution is -2.74. The van der Waals surface area contributed by atoms with Crippen molar-refractivity contribution < 1.29 is 0 Å². The fourth-order valence-corrected chi connectivity index (χ4v) is 462. The summed E-state index contributed by atoms with van der Waals surface area (Å²) in [6.07, 6.45) is 0. The molecule has 0 N–H and O–H groups in total. The predicted octanol–water partition coefficient (Wildman–Crippen LogP) is -0.463. The summed E-state index contributed by atoms with van der Waals surface area (Å²) in [5.74, 6) is 0. The first kappa shape index (κ1) is 15.3. The van der Waals surface area contributed by atoms with E-state index in [1.165, 1.54) is 0 Å². The van der Waals surface area contributed by atoms with Gasteiger partial charge in [0.25, 0.3) is 0 Å². The van der Waals surface area contributed by atoms with Gasteiger partial charge >= 0.3 is 0 Å². The fourth-order valence-electron chi connectivity index (χ4n) is 5.22. The van der Waals surface area contributed by atoms with Crippen molar-refractivity contribution in [1.29, 1.82) is 0 Å². The first-order chi connectivity index (χ1) is 12.9. The Kier molecular flexibility index (Phi) is 3.10. The van der Waals surface area contributed by atoms with Crippen molar-refractivity contribution in [2.75, 3.05) is 0 Å². The Bertz CT molecular complexity index is 1000. The quantitative estimate of drug-likeness (QED) is 0.469. The second kappa shape index (κ2) is 5.26. The first-order valence-corrected chi connectivity index (χ1v) is 32.7. The van der Waals surface area contributed by atoms with E-state index in [2.05, 4.69) is 91.0 Å². The van der Waals surface area contributed by atoms with Crippen LogP contribution < -0.4 is 15.6 Å². The van der Waals surface area contributed by atoms with Gasteiger partial charge in [0.2, 0.25) is 0 Å². The smallest absolute Gasteiger partial charge is 0.0438 e. The molecular formula is C18H15Si8. The minimum atomic E-state index is -0.678. The molecule has 0 amide bonds. The third-order valence-electron chi connectivity index (χ3n) is 6.33. The highest BCUT2D eigenvalue weighted by atomic mass is 31.0. The SMILES string of the molecule is c1ccc([Si]2=[Si](c3ccccc3)[Si]3[Si]2[Si]2[Si]4[Si]3[Si]24c2ccccc2)cc1. The largest absolute Gasteiger partial charge is 0.0695 e. The average Bonchev–Trinajstić information content (AvgIpc) is 3.51. The molecule has 0 aliphatic carbocycles. The molecular weight excluding hydrogens is 441 g/mol. The molecule has 8 rings (SSSR count). The maximum atomic E-state index is 2.59. The summed E-state index contributed by atoms with van der Waals surface area (Å²) in [5.41, 5.74) is 0. The highest BCUT2D eigenvalue weighted by Crippen LogP contribution is 2.60. The highest BCUT2D eigenvalue weighted by molar-refractivity contribution is 8.68. The third kappa shape index (κ3) is 1.69. The molecule has 0 spiro atoms. The summed E-state index contributed by atoms with van der Waals surface area (Å²) in [4.78, 5) is 0. The standard InChI is InChI=1S/C18H15Si8/c1-4-10-16(11-5-1)19-20(17-12-6-2-7-13-17)22-21(19)23-25-24(22)26(23,25)18-14-8-3-9-15-18/h1-15H. The lowest BCUT2D eigenvalue weighted by atomic mass is 10.4. The van der Waals surface area contributed by atoms with Gasteiger partial charge < -0.3 is 0 Å². The summed E-state index contributed by atoms with van der Waals surface area (Å²) >= 11 is 0. The molecule has 3 aromatic rings. The van der Waals surface area contributed by atoms with Crippen LogP contribution >= 0.6 is 0 Å². The molecule has 26 heavy (non-hydrogen) atoms. The summed E-state index contributed by atoms with van der Waals surface area (Å²) in [6, 6.07) is 36.1. The van der Waals surface area contributed by atoms with Gasteiger partial charge in [0, 0.05) is 58.2 Å². The summed E-state index contributed by atoms with van der Waals surface area (Å²) in [5, 5.41) is 5.72. The molecule has 0 aromatic heterocycles. The molecule has 0 unspecified atom stereocenters. The second-order valence-electron chi connectivity index (χ2n) is 7.47. The van der Waals surface area contributed by atoms with Crippen LogP contribution in [0.4, 0.5) is 0 Å². The molecule has 5 radical (unpaired) electrons. The molecule has 0 saturated carbocycles. The van der Waals surface area contributed by atoms with Crippen molar-refractivity contribution in [1.82, 2.24) is 0 Å². The Balaban J connectivity index is 1.38. The molecule has 5 aliphatic rings. The Morgan fingerprint density at radius 3 is 1.35 bits per heavy atom. The van der Waals surface area contributed by atoms with Crippen LogP contribution in [0.15, 0.2) is 91.0 Å². The zero-order valence-electron chi connectivity index (χ0n) is 14.2. The maximum absolute atomic E-state index is 2.59. The molecule has 3 aromatic carbocycles. The van der Waals surface area contributed by atoms with Gasteiger partial charge in [-0.05, 0) is 0 Å². The lowest BCUT2D eigenvalue weighted by Gasteiger charge is -2.35. The van der Waals surface area contributed by atoms with Crippen molar-refractivity contribution in [3.63, 3.8) is 0 Å². The van der Waals surface area contributed by atoms with Crippen LogP contribution in [0.1, 0.15) is 0 Å². The summed E-state index contributed by atoms with van der Waals surface area (Å²) in [7, 11) is 1.02. The van der Waals surface area contributed by atoms with Gasteiger partial charge in [-0.1, -0.05) is 107 Å². The predicted molar refractivity (Wildman–Crippen MR) is 124 cm³/mol. The van der Waals surface area contributed by atoms with Crippen LogP contribution in [0.25, 0.3) is 0 Å². The molecule has 5 aliphatic heterocycles. The van der Waals surface area contributed by atoms with Gasteiger partial charge in [0.1, 0.15) is 0 Å². The van der Waals surface area contributed by atoms with Gasteiger partial charge in [-0.2, -0.15) is 0 Å². The van der Waals surface area contributed by atoms with Crippen molar-refractivity contribution in [2.45, 2.75) is 0 Å². The molecule has 0 atom stereocenters. The number of rotatable bonds is 3. The topological polar surface area (TPSA) is 0 Å². The minimum absolute atomic E-state index is 0.143.